The Morgan fingerprint density at radius 1 is 1.18 bits per heavy atom. The molecule has 1 aromatic rings. The lowest BCUT2D eigenvalue weighted by atomic mass is 9.48. The largest absolute Gasteiger partial charge is 0.357 e. The predicted molar refractivity (Wildman–Crippen MR) is 63.6 cm³/mol. The third-order valence-electron chi connectivity index (χ3n) is 5.31. The van der Waals surface area contributed by atoms with Crippen LogP contribution in [0.15, 0.2) is 15.4 Å². The minimum atomic E-state index is -0.232. The van der Waals surface area contributed by atoms with E-state index in [9.17, 15) is 4.79 Å². The van der Waals surface area contributed by atoms with E-state index in [-0.39, 0.29) is 5.63 Å². The highest BCUT2D eigenvalue weighted by Gasteiger charge is 2.50. The smallest absolute Gasteiger partial charge is 0.339 e. The lowest BCUT2D eigenvalue weighted by molar-refractivity contribution is -0.0529. The van der Waals surface area contributed by atoms with Crippen LogP contribution in [0.1, 0.15) is 44.2 Å². The first-order valence-electron chi connectivity index (χ1n) is 6.88. The Morgan fingerprint density at radius 3 is 2.24 bits per heavy atom. The predicted octanol–water partition coefficient (Wildman–Crippen LogP) is 2.73. The van der Waals surface area contributed by atoms with E-state index < -0.39 is 0 Å². The van der Waals surface area contributed by atoms with Crippen LogP contribution in [0.2, 0.25) is 0 Å². The lowest BCUT2D eigenvalue weighted by Crippen LogP contribution is -2.47. The lowest BCUT2D eigenvalue weighted by Gasteiger charge is -2.56. The van der Waals surface area contributed by atoms with Gasteiger partial charge in [0.05, 0.1) is 5.69 Å². The van der Waals surface area contributed by atoms with Crippen molar-refractivity contribution in [3.63, 3.8) is 0 Å². The van der Waals surface area contributed by atoms with Gasteiger partial charge < -0.3 is 4.52 Å². The highest BCUT2D eigenvalue weighted by atomic mass is 16.5. The third kappa shape index (κ3) is 1.59. The zero-order chi connectivity index (χ0) is 11.5. The van der Waals surface area contributed by atoms with Crippen molar-refractivity contribution in [3.8, 4) is 0 Å². The standard InChI is InChI=1S/C14H19NO2/c16-13-4-12(15-17-13)8-14-5-9-1-10(6-14)3-11(2-9)7-14/h4,9-11,15H,1-3,5-8H2. The molecule has 5 rings (SSSR count). The first-order chi connectivity index (χ1) is 8.21. The second kappa shape index (κ2) is 3.27. The summed E-state index contributed by atoms with van der Waals surface area (Å²) < 4.78 is 4.80. The topological polar surface area (TPSA) is 46.0 Å². The van der Waals surface area contributed by atoms with Crippen molar-refractivity contribution < 1.29 is 4.52 Å². The van der Waals surface area contributed by atoms with Gasteiger partial charge in [-0.05, 0) is 68.1 Å². The van der Waals surface area contributed by atoms with E-state index in [4.69, 9.17) is 4.52 Å². The number of H-pyrrole nitrogens is 1. The molecule has 17 heavy (non-hydrogen) atoms. The molecule has 0 aliphatic heterocycles. The van der Waals surface area contributed by atoms with E-state index in [0.717, 1.165) is 29.9 Å². The zero-order valence-electron chi connectivity index (χ0n) is 10.1. The summed E-state index contributed by atoms with van der Waals surface area (Å²) in [5, 5.41) is 2.79. The Hall–Kier alpha value is -0.990. The minimum Gasteiger partial charge on any atom is -0.339 e. The maximum atomic E-state index is 11.1. The molecule has 0 radical (unpaired) electrons. The molecule has 0 aromatic carbocycles. The zero-order valence-corrected chi connectivity index (χ0v) is 10.1. The van der Waals surface area contributed by atoms with Crippen LogP contribution in [0, 0.1) is 23.2 Å². The summed E-state index contributed by atoms with van der Waals surface area (Å²) in [6.45, 7) is 0. The molecule has 4 aliphatic rings. The van der Waals surface area contributed by atoms with Gasteiger partial charge in [-0.1, -0.05) is 0 Å². The Labute approximate surface area is 101 Å². The fourth-order valence-electron chi connectivity index (χ4n) is 5.31. The van der Waals surface area contributed by atoms with Crippen LogP contribution >= 0.6 is 0 Å². The highest BCUT2D eigenvalue weighted by Crippen LogP contribution is 2.60. The van der Waals surface area contributed by atoms with Gasteiger partial charge in [0.1, 0.15) is 0 Å². The van der Waals surface area contributed by atoms with Crippen molar-refractivity contribution in [1.29, 1.82) is 0 Å². The molecule has 0 saturated heterocycles. The summed E-state index contributed by atoms with van der Waals surface area (Å²) in [4.78, 5) is 11.1. The maximum absolute atomic E-state index is 11.1. The Balaban J connectivity index is 1.62. The summed E-state index contributed by atoms with van der Waals surface area (Å²) in [5.74, 6) is 2.92. The van der Waals surface area contributed by atoms with Gasteiger partial charge in [0.15, 0.2) is 0 Å². The van der Waals surface area contributed by atoms with E-state index in [1.165, 1.54) is 38.5 Å². The first-order valence-corrected chi connectivity index (χ1v) is 6.88. The van der Waals surface area contributed by atoms with E-state index >= 15 is 0 Å². The molecule has 0 spiro atoms. The van der Waals surface area contributed by atoms with Crippen molar-refractivity contribution in [3.05, 3.63) is 22.2 Å². The van der Waals surface area contributed by atoms with Gasteiger partial charge in [-0.25, -0.2) is 9.95 Å². The van der Waals surface area contributed by atoms with Crippen molar-refractivity contribution in [2.24, 2.45) is 23.2 Å². The van der Waals surface area contributed by atoms with Gasteiger partial charge in [-0.15, -0.1) is 0 Å². The maximum Gasteiger partial charge on any atom is 0.357 e. The summed E-state index contributed by atoms with van der Waals surface area (Å²) in [6, 6.07) is 1.64. The molecular formula is C14H19NO2. The molecule has 4 bridgehead atoms. The molecule has 1 heterocycles. The SMILES string of the molecule is O=c1cc(CC23CC4CC(CC(C4)C2)C3)[nH]o1. The molecule has 4 fully saturated rings. The fourth-order valence-corrected chi connectivity index (χ4v) is 5.31. The van der Waals surface area contributed by atoms with Crippen LogP contribution < -0.4 is 5.63 Å². The number of aromatic amines is 1. The van der Waals surface area contributed by atoms with Gasteiger partial charge in [0, 0.05) is 6.07 Å². The third-order valence-corrected chi connectivity index (χ3v) is 5.31. The summed E-state index contributed by atoms with van der Waals surface area (Å²) in [5.41, 5.74) is 1.27. The molecule has 4 aliphatic carbocycles. The van der Waals surface area contributed by atoms with Crippen molar-refractivity contribution in [2.45, 2.75) is 44.9 Å². The Kier molecular flexibility index (Phi) is 1.92. The molecule has 1 aromatic heterocycles. The van der Waals surface area contributed by atoms with Crippen LogP contribution in [0.25, 0.3) is 0 Å². The summed E-state index contributed by atoms with van der Waals surface area (Å²) in [7, 11) is 0. The summed E-state index contributed by atoms with van der Waals surface area (Å²) >= 11 is 0. The second-order valence-corrected chi connectivity index (χ2v) is 6.79. The molecule has 92 valence electrons. The van der Waals surface area contributed by atoms with E-state index in [0.29, 0.717) is 5.41 Å². The summed E-state index contributed by atoms with van der Waals surface area (Å²) in [6.07, 6.45) is 9.59. The minimum absolute atomic E-state index is 0.232. The van der Waals surface area contributed by atoms with Crippen LogP contribution in [0.4, 0.5) is 0 Å². The monoisotopic (exact) mass is 233 g/mol. The van der Waals surface area contributed by atoms with Gasteiger partial charge in [0.25, 0.3) is 0 Å². The van der Waals surface area contributed by atoms with Crippen molar-refractivity contribution >= 4 is 0 Å². The van der Waals surface area contributed by atoms with Gasteiger partial charge in [-0.3, -0.25) is 0 Å². The molecule has 3 heteroatoms. The number of hydrogen-bond donors (Lipinski definition) is 1. The molecule has 3 nitrogen and oxygen atoms in total. The molecule has 0 unspecified atom stereocenters. The van der Waals surface area contributed by atoms with E-state index in [2.05, 4.69) is 5.16 Å². The Bertz CT molecular complexity index is 449. The van der Waals surface area contributed by atoms with Crippen LogP contribution in [0.3, 0.4) is 0 Å². The van der Waals surface area contributed by atoms with Gasteiger partial charge >= 0.3 is 5.63 Å². The van der Waals surface area contributed by atoms with Crippen molar-refractivity contribution in [2.75, 3.05) is 0 Å². The number of hydrogen-bond acceptors (Lipinski definition) is 2. The van der Waals surface area contributed by atoms with Crippen LogP contribution in [0.5, 0.6) is 0 Å². The van der Waals surface area contributed by atoms with Gasteiger partial charge in [-0.2, -0.15) is 0 Å². The van der Waals surface area contributed by atoms with Crippen molar-refractivity contribution in [1.82, 2.24) is 5.16 Å². The molecular weight excluding hydrogens is 214 g/mol. The average molecular weight is 233 g/mol. The van der Waals surface area contributed by atoms with Gasteiger partial charge in [0.2, 0.25) is 0 Å². The fraction of sp³-hybridized carbons (Fsp3) is 0.786. The Morgan fingerprint density at radius 2 is 1.76 bits per heavy atom. The number of aromatic nitrogens is 1. The average Bonchev–Trinajstić information content (AvgIpc) is 2.60. The van der Waals surface area contributed by atoms with Crippen LogP contribution in [-0.4, -0.2) is 5.16 Å². The van der Waals surface area contributed by atoms with Crippen LogP contribution in [-0.2, 0) is 6.42 Å². The van der Waals surface area contributed by atoms with E-state index in [1.54, 1.807) is 6.07 Å². The molecule has 4 saturated carbocycles. The normalized spacial score (nSPS) is 43.2. The molecule has 0 amide bonds. The molecule has 0 atom stereocenters. The number of rotatable bonds is 2. The molecule has 1 N–H and O–H groups in total. The highest BCUT2D eigenvalue weighted by molar-refractivity contribution is 5.08. The quantitative estimate of drug-likeness (QED) is 0.853. The van der Waals surface area contributed by atoms with E-state index in [1.807, 2.05) is 0 Å². The first kappa shape index (κ1) is 9.98. The number of nitrogens with one attached hydrogen (secondary N) is 1. The second-order valence-electron chi connectivity index (χ2n) is 6.79.